The molecule has 4 N–H and O–H groups in total. The summed E-state index contributed by atoms with van der Waals surface area (Å²) in [5, 5.41) is 10.3. The summed E-state index contributed by atoms with van der Waals surface area (Å²) in [6.07, 6.45) is 2.53. The van der Waals surface area contributed by atoms with E-state index in [0.717, 1.165) is 27.8 Å². The second-order valence-electron chi connectivity index (χ2n) is 10.1. The maximum absolute atomic E-state index is 12.8. The number of aliphatic carboxylic acids is 1. The number of benzene rings is 3. The van der Waals surface area contributed by atoms with E-state index in [1.54, 1.807) is 0 Å². The summed E-state index contributed by atoms with van der Waals surface area (Å²) in [4.78, 5) is 45.3. The van der Waals surface area contributed by atoms with Crippen LogP contribution in [0.25, 0.3) is 11.1 Å². The maximum Gasteiger partial charge on any atom is 0.407 e. The smallest absolute Gasteiger partial charge is 0.407 e. The summed E-state index contributed by atoms with van der Waals surface area (Å²) < 4.78 is 23.8. The van der Waals surface area contributed by atoms with Crippen LogP contribution in [0.1, 0.15) is 35.4 Å². The van der Waals surface area contributed by atoms with Gasteiger partial charge in [0.25, 0.3) is 0 Å². The van der Waals surface area contributed by atoms with E-state index < -0.39 is 37.3 Å². The van der Waals surface area contributed by atoms with Crippen LogP contribution in [0, 0.1) is 0 Å². The molecule has 3 aromatic rings. The molecule has 1 unspecified atom stereocenters. The van der Waals surface area contributed by atoms with Crippen LogP contribution in [-0.4, -0.2) is 44.8 Å². The van der Waals surface area contributed by atoms with Gasteiger partial charge < -0.3 is 29.7 Å². The number of carbonyl (C=O) groups is 2. The van der Waals surface area contributed by atoms with Crippen LogP contribution in [-0.2, 0) is 25.4 Å². The lowest BCUT2D eigenvalue weighted by molar-refractivity contribution is -0.139. The van der Waals surface area contributed by atoms with Gasteiger partial charge in [0.2, 0.25) is 0 Å². The highest BCUT2D eigenvalue weighted by molar-refractivity contribution is 7.53. The van der Waals surface area contributed by atoms with Crippen LogP contribution in [0.2, 0.25) is 0 Å². The van der Waals surface area contributed by atoms with E-state index in [9.17, 15) is 29.0 Å². The number of hydrogen-bond acceptors (Lipinski definition) is 5. The average molecular weight is 576 g/mol. The Hall–Kier alpha value is -4.17. The monoisotopic (exact) mass is 575 g/mol. The molecular weight excluding hydrogens is 545 g/mol. The molecule has 1 amide bonds. The van der Waals surface area contributed by atoms with Crippen molar-refractivity contribution in [1.29, 1.82) is 0 Å². The Kier molecular flexibility index (Phi) is 8.13. The van der Waals surface area contributed by atoms with Gasteiger partial charge >= 0.3 is 19.7 Å². The predicted molar refractivity (Wildman–Crippen MR) is 152 cm³/mol. The highest BCUT2D eigenvalue weighted by Crippen LogP contribution is 2.57. The lowest BCUT2D eigenvalue weighted by Crippen LogP contribution is -2.46. The highest BCUT2D eigenvalue weighted by atomic mass is 31.2. The Morgan fingerprint density at radius 3 is 2.12 bits per heavy atom. The topological polar surface area (TPSA) is 142 Å². The van der Waals surface area contributed by atoms with Crippen molar-refractivity contribution in [2.75, 3.05) is 6.61 Å². The van der Waals surface area contributed by atoms with Gasteiger partial charge in [0.1, 0.15) is 25.0 Å². The molecule has 10 heteroatoms. The van der Waals surface area contributed by atoms with Gasteiger partial charge in [-0.25, -0.2) is 9.59 Å². The van der Waals surface area contributed by atoms with Crippen LogP contribution >= 0.6 is 7.60 Å². The molecule has 3 aromatic carbocycles. The van der Waals surface area contributed by atoms with E-state index in [0.29, 0.717) is 5.76 Å². The minimum Gasteiger partial charge on any atom is -0.489 e. The summed E-state index contributed by atoms with van der Waals surface area (Å²) in [7, 11) is -4.86. The molecule has 0 radical (unpaired) electrons. The van der Waals surface area contributed by atoms with E-state index in [4.69, 9.17) is 9.47 Å². The molecule has 0 fully saturated rings. The molecule has 5 rings (SSSR count). The lowest BCUT2D eigenvalue weighted by atomic mass is 9.91. The predicted octanol–water partition coefficient (Wildman–Crippen LogP) is 5.35. The lowest BCUT2D eigenvalue weighted by Gasteiger charge is -2.34. The fourth-order valence-corrected chi connectivity index (χ4v) is 6.34. The molecule has 0 bridgehead atoms. The van der Waals surface area contributed by atoms with Crippen LogP contribution in [0.15, 0.2) is 103 Å². The minimum absolute atomic E-state index is 0.0272. The van der Waals surface area contributed by atoms with Gasteiger partial charge in [-0.1, -0.05) is 84.9 Å². The van der Waals surface area contributed by atoms with Gasteiger partial charge in [-0.2, -0.15) is 0 Å². The van der Waals surface area contributed by atoms with Crippen molar-refractivity contribution >= 4 is 19.7 Å². The van der Waals surface area contributed by atoms with E-state index in [1.165, 1.54) is 18.2 Å². The van der Waals surface area contributed by atoms with Crippen molar-refractivity contribution in [1.82, 2.24) is 5.32 Å². The van der Waals surface area contributed by atoms with Crippen molar-refractivity contribution < 1.29 is 38.5 Å². The van der Waals surface area contributed by atoms with E-state index >= 15 is 0 Å². The zero-order valence-corrected chi connectivity index (χ0v) is 22.9. The van der Waals surface area contributed by atoms with Gasteiger partial charge in [0, 0.05) is 5.92 Å². The van der Waals surface area contributed by atoms with Gasteiger partial charge in [-0.15, -0.1) is 0 Å². The van der Waals surface area contributed by atoms with Crippen molar-refractivity contribution in [2.24, 2.45) is 0 Å². The Balaban J connectivity index is 1.24. The third-order valence-corrected chi connectivity index (χ3v) is 9.21. The fraction of sp³-hybridized carbons (Fsp3) is 0.226. The standard InChI is InChI=1S/C31H30NO8P/c33-29(34)28(18-31(41(36,37)38)16-14-22(15-17-31)39-19-21-8-2-1-3-9-21)32-30(35)40-20-27-25-12-6-4-10-23(25)24-11-5-7-13-26(24)27/h1-16,27-28H,17-20H2,(H,32,35)(H,33,34)(H2,36,37,38)/t28-,31?/m0/s1. The van der Waals surface area contributed by atoms with Crippen molar-refractivity contribution in [2.45, 2.75) is 36.6 Å². The van der Waals surface area contributed by atoms with Crippen LogP contribution in [0.3, 0.4) is 0 Å². The van der Waals surface area contributed by atoms with Crippen molar-refractivity contribution in [3.63, 3.8) is 0 Å². The summed E-state index contributed by atoms with van der Waals surface area (Å²) >= 11 is 0. The third kappa shape index (κ3) is 6.12. The fourth-order valence-electron chi connectivity index (χ4n) is 5.32. The average Bonchev–Trinajstić information content (AvgIpc) is 3.29. The quantitative estimate of drug-likeness (QED) is 0.237. The minimum atomic E-state index is -4.86. The largest absolute Gasteiger partial charge is 0.489 e. The van der Waals surface area contributed by atoms with E-state index in [2.05, 4.69) is 5.32 Å². The van der Waals surface area contributed by atoms with Gasteiger partial charge in [-0.05, 0) is 52.8 Å². The zero-order valence-electron chi connectivity index (χ0n) is 22.1. The normalized spacial score (nSPS) is 18.5. The zero-order chi connectivity index (χ0) is 29.0. The second-order valence-corrected chi connectivity index (χ2v) is 12.1. The molecule has 0 aliphatic heterocycles. The van der Waals surface area contributed by atoms with Crippen LogP contribution in [0.4, 0.5) is 4.79 Å². The van der Waals surface area contributed by atoms with Crippen molar-refractivity contribution in [3.8, 4) is 11.1 Å². The summed E-state index contributed by atoms with van der Waals surface area (Å²) in [6.45, 7) is 0.238. The molecule has 0 aromatic heterocycles. The number of carbonyl (C=O) groups excluding carboxylic acids is 1. The number of ether oxygens (including phenoxy) is 2. The second kappa shape index (κ2) is 11.7. The molecule has 2 aliphatic rings. The Morgan fingerprint density at radius 1 is 0.951 bits per heavy atom. The summed E-state index contributed by atoms with van der Waals surface area (Å²) in [5.74, 6) is -1.25. The van der Waals surface area contributed by atoms with Gasteiger partial charge in [0.05, 0.1) is 5.16 Å². The molecule has 0 saturated carbocycles. The van der Waals surface area contributed by atoms with Crippen molar-refractivity contribution in [3.05, 3.63) is 120 Å². The first kappa shape index (κ1) is 28.4. The van der Waals surface area contributed by atoms with Crippen LogP contribution < -0.4 is 5.32 Å². The Bertz CT molecular complexity index is 1500. The molecule has 2 atom stereocenters. The number of amides is 1. The molecule has 0 saturated heterocycles. The number of hydrogen-bond donors (Lipinski definition) is 4. The number of alkyl carbamates (subject to hydrolysis) is 1. The SMILES string of the molecule is O=C(N[C@@H](CC1(P(=O)(O)O)C=CC(OCc2ccccc2)=CC1)C(=O)O)OCC1c2ccccc2-c2ccccc21. The molecular formula is C31H30NO8P. The number of carboxylic acid groups (broad SMARTS) is 1. The van der Waals surface area contributed by atoms with Gasteiger partial charge in [-0.3, -0.25) is 4.57 Å². The molecule has 2 aliphatic carbocycles. The number of rotatable bonds is 10. The summed E-state index contributed by atoms with van der Waals surface area (Å²) in [5.41, 5.74) is 5.02. The number of fused-ring (bicyclic) bond motifs is 3. The first-order valence-electron chi connectivity index (χ1n) is 13.1. The Labute approximate surface area is 237 Å². The van der Waals surface area contributed by atoms with Crippen LogP contribution in [0.5, 0.6) is 0 Å². The highest BCUT2D eigenvalue weighted by Gasteiger charge is 2.48. The number of allylic oxidation sites excluding steroid dienone is 3. The number of carboxylic acids is 1. The Morgan fingerprint density at radius 2 is 1.56 bits per heavy atom. The maximum atomic E-state index is 12.8. The summed E-state index contributed by atoms with van der Waals surface area (Å²) in [6, 6.07) is 23.4. The van der Waals surface area contributed by atoms with Gasteiger partial charge in [0.15, 0.2) is 0 Å². The van der Waals surface area contributed by atoms with E-state index in [1.807, 2.05) is 78.9 Å². The first-order valence-corrected chi connectivity index (χ1v) is 14.7. The molecule has 212 valence electrons. The molecule has 0 heterocycles. The number of nitrogens with one attached hydrogen (secondary N) is 1. The molecule has 41 heavy (non-hydrogen) atoms. The molecule has 9 nitrogen and oxygen atoms in total. The molecule has 0 spiro atoms. The van der Waals surface area contributed by atoms with E-state index in [-0.39, 0.29) is 25.6 Å². The first-order chi connectivity index (χ1) is 19.7. The third-order valence-electron chi connectivity index (χ3n) is 7.53.